The lowest BCUT2D eigenvalue weighted by atomic mass is 10.2. The van der Waals surface area contributed by atoms with Crippen molar-refractivity contribution in [3.8, 4) is 11.5 Å². The van der Waals surface area contributed by atoms with Crippen molar-refractivity contribution in [2.24, 2.45) is 0 Å². The van der Waals surface area contributed by atoms with Crippen molar-refractivity contribution in [3.63, 3.8) is 0 Å². The molecule has 0 spiro atoms. The lowest BCUT2D eigenvalue weighted by Crippen LogP contribution is -2.39. The number of hydrogen-bond donors (Lipinski definition) is 0. The molecule has 0 fully saturated rings. The van der Waals surface area contributed by atoms with E-state index in [1.807, 2.05) is 6.92 Å². The van der Waals surface area contributed by atoms with Crippen LogP contribution >= 0.6 is 0 Å². The Hall–Kier alpha value is -2.29. The molecule has 0 aromatic heterocycles. The van der Waals surface area contributed by atoms with E-state index >= 15 is 0 Å². The fourth-order valence-corrected chi connectivity index (χ4v) is 3.90. The summed E-state index contributed by atoms with van der Waals surface area (Å²) in [5.41, 5.74) is 0.636. The van der Waals surface area contributed by atoms with Gasteiger partial charge >= 0.3 is 5.97 Å². The molecule has 0 heterocycles. The molecule has 1 rings (SSSR count). The Kier molecular flexibility index (Phi) is 9.78. The number of carbonyl (C=O) groups is 2. The number of methoxy groups -OCH3 is 3. The zero-order valence-corrected chi connectivity index (χ0v) is 17.7. The Balaban J connectivity index is 2.99. The van der Waals surface area contributed by atoms with E-state index in [4.69, 9.17) is 9.47 Å². The lowest BCUT2D eigenvalue weighted by molar-refractivity contribution is -0.146. The number of sulfone groups is 1. The lowest BCUT2D eigenvalue weighted by Gasteiger charge is -2.22. The topological polar surface area (TPSA) is 99.2 Å². The molecule has 0 aliphatic rings. The minimum Gasteiger partial charge on any atom is -0.497 e. The summed E-state index contributed by atoms with van der Waals surface area (Å²) >= 11 is 0. The van der Waals surface area contributed by atoms with Crippen molar-refractivity contribution in [2.75, 3.05) is 39.4 Å². The van der Waals surface area contributed by atoms with Gasteiger partial charge in [0.15, 0.2) is 9.84 Å². The first-order valence-corrected chi connectivity index (χ1v) is 10.8. The molecule has 1 aromatic carbocycles. The van der Waals surface area contributed by atoms with Crippen LogP contribution < -0.4 is 9.47 Å². The Labute approximate surface area is 166 Å². The third-order valence-electron chi connectivity index (χ3n) is 4.09. The van der Waals surface area contributed by atoms with Gasteiger partial charge in [0.2, 0.25) is 5.91 Å². The molecule has 1 aromatic rings. The van der Waals surface area contributed by atoms with Gasteiger partial charge < -0.3 is 19.1 Å². The van der Waals surface area contributed by atoms with Gasteiger partial charge in [-0.3, -0.25) is 9.59 Å². The summed E-state index contributed by atoms with van der Waals surface area (Å²) in [5, 5.41) is 0. The standard InChI is InChI=1S/C19H29NO7S/c1-5-6-7-8-28(23,24)14-18(21)20(13-19(22)27-4)12-15-9-16(25-2)11-17(10-15)26-3/h9-11H,5-8,12-14H2,1-4H3. The SMILES string of the molecule is CCCCCS(=O)(=O)CC(=O)N(CC(=O)OC)Cc1cc(OC)cc(OC)c1. The summed E-state index contributed by atoms with van der Waals surface area (Å²) in [5.74, 6) is -0.935. The second kappa shape index (κ2) is 11.5. The molecule has 0 radical (unpaired) electrons. The van der Waals surface area contributed by atoms with Crippen LogP contribution in [0.1, 0.15) is 31.7 Å². The number of ether oxygens (including phenoxy) is 3. The van der Waals surface area contributed by atoms with E-state index in [1.54, 1.807) is 18.2 Å². The molecule has 9 heteroatoms. The molecule has 1 amide bonds. The van der Waals surface area contributed by atoms with Crippen molar-refractivity contribution >= 4 is 21.7 Å². The largest absolute Gasteiger partial charge is 0.497 e. The van der Waals surface area contributed by atoms with Crippen molar-refractivity contribution < 1.29 is 32.2 Å². The number of rotatable bonds is 12. The Morgan fingerprint density at radius 2 is 1.61 bits per heavy atom. The highest BCUT2D eigenvalue weighted by Gasteiger charge is 2.24. The molecule has 0 N–H and O–H groups in total. The molecule has 0 unspecified atom stereocenters. The predicted octanol–water partition coefficient (Wildman–Crippen LogP) is 1.81. The average Bonchev–Trinajstić information content (AvgIpc) is 2.66. The number of carbonyl (C=O) groups excluding carboxylic acids is 2. The molecule has 158 valence electrons. The summed E-state index contributed by atoms with van der Waals surface area (Å²) in [6.07, 6.45) is 2.18. The number of amides is 1. The van der Waals surface area contributed by atoms with Crippen LogP contribution in [0.3, 0.4) is 0 Å². The highest BCUT2D eigenvalue weighted by Crippen LogP contribution is 2.23. The zero-order chi connectivity index (χ0) is 21.2. The highest BCUT2D eigenvalue weighted by molar-refractivity contribution is 7.92. The van der Waals surface area contributed by atoms with Crippen LogP contribution in [0.2, 0.25) is 0 Å². The molecule has 0 aliphatic heterocycles. The molecule has 8 nitrogen and oxygen atoms in total. The van der Waals surface area contributed by atoms with Gasteiger partial charge in [-0.15, -0.1) is 0 Å². The van der Waals surface area contributed by atoms with Gasteiger partial charge in [-0.05, 0) is 24.1 Å². The Bertz CT molecular complexity index is 739. The first-order valence-electron chi connectivity index (χ1n) is 9.01. The molecular formula is C19H29NO7S. The molecule has 0 bridgehead atoms. The van der Waals surface area contributed by atoms with Gasteiger partial charge in [-0.2, -0.15) is 0 Å². The normalized spacial score (nSPS) is 11.0. The Morgan fingerprint density at radius 3 is 2.11 bits per heavy atom. The highest BCUT2D eigenvalue weighted by atomic mass is 32.2. The molecular weight excluding hydrogens is 386 g/mol. The van der Waals surface area contributed by atoms with E-state index in [0.717, 1.165) is 17.7 Å². The quantitative estimate of drug-likeness (QED) is 0.379. The van der Waals surface area contributed by atoms with E-state index in [2.05, 4.69) is 4.74 Å². The monoisotopic (exact) mass is 415 g/mol. The third-order valence-corrected chi connectivity index (χ3v) is 5.68. The zero-order valence-electron chi connectivity index (χ0n) is 16.9. The van der Waals surface area contributed by atoms with Gasteiger partial charge in [0, 0.05) is 12.6 Å². The van der Waals surface area contributed by atoms with Gasteiger partial charge in [0.05, 0.1) is 27.1 Å². The number of hydrogen-bond acceptors (Lipinski definition) is 7. The van der Waals surface area contributed by atoms with Crippen LogP contribution in [0.4, 0.5) is 0 Å². The van der Waals surface area contributed by atoms with E-state index in [-0.39, 0.29) is 18.8 Å². The fourth-order valence-electron chi connectivity index (χ4n) is 2.55. The smallest absolute Gasteiger partial charge is 0.325 e. The van der Waals surface area contributed by atoms with Gasteiger partial charge in [-0.25, -0.2) is 8.42 Å². The summed E-state index contributed by atoms with van der Waals surface area (Å²) in [6, 6.07) is 5.06. The average molecular weight is 416 g/mol. The first kappa shape index (κ1) is 23.7. The second-order valence-corrected chi connectivity index (χ2v) is 8.53. The molecule has 0 saturated carbocycles. The van der Waals surface area contributed by atoms with Crippen molar-refractivity contribution in [1.82, 2.24) is 4.90 Å². The van der Waals surface area contributed by atoms with Crippen LogP contribution in [-0.4, -0.2) is 64.6 Å². The van der Waals surface area contributed by atoms with Crippen molar-refractivity contribution in [3.05, 3.63) is 23.8 Å². The minimum absolute atomic E-state index is 0.0198. The maximum Gasteiger partial charge on any atom is 0.325 e. The first-order chi connectivity index (χ1) is 13.2. The third kappa shape index (κ3) is 8.16. The van der Waals surface area contributed by atoms with Crippen molar-refractivity contribution in [1.29, 1.82) is 0 Å². The molecule has 0 saturated heterocycles. The van der Waals surface area contributed by atoms with Crippen LogP contribution in [-0.2, 0) is 30.7 Å². The van der Waals surface area contributed by atoms with E-state index in [9.17, 15) is 18.0 Å². The van der Waals surface area contributed by atoms with Crippen LogP contribution in [0.25, 0.3) is 0 Å². The number of nitrogens with zero attached hydrogens (tertiary/aromatic N) is 1. The van der Waals surface area contributed by atoms with E-state index < -0.39 is 27.5 Å². The van der Waals surface area contributed by atoms with E-state index in [1.165, 1.54) is 21.3 Å². The summed E-state index contributed by atoms with van der Waals surface area (Å²) < 4.78 is 39.5. The van der Waals surface area contributed by atoms with Crippen molar-refractivity contribution in [2.45, 2.75) is 32.7 Å². The summed E-state index contributed by atoms with van der Waals surface area (Å²) in [6.45, 7) is 1.64. The van der Waals surface area contributed by atoms with Gasteiger partial charge in [-0.1, -0.05) is 19.8 Å². The van der Waals surface area contributed by atoms with Gasteiger partial charge in [0.1, 0.15) is 23.8 Å². The maximum absolute atomic E-state index is 12.6. The van der Waals surface area contributed by atoms with Crippen LogP contribution in [0, 0.1) is 0 Å². The number of esters is 1. The summed E-state index contributed by atoms with van der Waals surface area (Å²) in [4.78, 5) is 25.5. The Morgan fingerprint density at radius 1 is 1.00 bits per heavy atom. The van der Waals surface area contributed by atoms with Crippen LogP contribution in [0.5, 0.6) is 11.5 Å². The summed E-state index contributed by atoms with van der Waals surface area (Å²) in [7, 11) is 0.656. The second-order valence-electron chi connectivity index (χ2n) is 6.35. The maximum atomic E-state index is 12.6. The number of benzene rings is 1. The fraction of sp³-hybridized carbons (Fsp3) is 0.579. The molecule has 0 aliphatic carbocycles. The molecule has 0 atom stereocenters. The predicted molar refractivity (Wildman–Crippen MR) is 105 cm³/mol. The van der Waals surface area contributed by atoms with E-state index in [0.29, 0.717) is 23.5 Å². The number of unbranched alkanes of at least 4 members (excludes halogenated alkanes) is 2. The van der Waals surface area contributed by atoms with Gasteiger partial charge in [0.25, 0.3) is 0 Å². The van der Waals surface area contributed by atoms with Crippen LogP contribution in [0.15, 0.2) is 18.2 Å². The minimum atomic E-state index is -3.55. The molecule has 28 heavy (non-hydrogen) atoms.